The Morgan fingerprint density at radius 3 is 2.50 bits per heavy atom. The van der Waals surface area contributed by atoms with Crippen molar-refractivity contribution in [3.8, 4) is 5.75 Å². The number of hydrazine groups is 1. The van der Waals surface area contributed by atoms with E-state index in [1.165, 1.54) is 6.42 Å². The smallest absolute Gasteiger partial charge is 0.282 e. The van der Waals surface area contributed by atoms with E-state index in [2.05, 4.69) is 5.43 Å². The average molecular weight is 475 g/mol. The number of carbonyl (C=O) groups is 1. The molecule has 0 bridgehead atoms. The summed E-state index contributed by atoms with van der Waals surface area (Å²) in [5.41, 5.74) is 5.27. The van der Waals surface area contributed by atoms with Crippen molar-refractivity contribution < 1.29 is 9.53 Å². The summed E-state index contributed by atoms with van der Waals surface area (Å²) < 4.78 is 5.59. The lowest BCUT2D eigenvalue weighted by atomic mass is 9.91. The van der Waals surface area contributed by atoms with Crippen molar-refractivity contribution in [3.63, 3.8) is 0 Å². The molecule has 0 radical (unpaired) electrons. The van der Waals surface area contributed by atoms with Gasteiger partial charge in [0.05, 0.1) is 23.4 Å². The molecule has 0 aromatic heterocycles. The molecule has 1 fully saturated rings. The summed E-state index contributed by atoms with van der Waals surface area (Å²) in [5.74, 6) is 0.495. The second-order valence-electron chi connectivity index (χ2n) is 8.15. The zero-order chi connectivity index (χ0) is 22.7. The van der Waals surface area contributed by atoms with Gasteiger partial charge < -0.3 is 4.74 Å². The topological polar surface area (TPSA) is 57.2 Å². The van der Waals surface area contributed by atoms with Gasteiger partial charge in [0, 0.05) is 24.0 Å². The van der Waals surface area contributed by atoms with E-state index in [1.807, 2.05) is 54.2 Å². The summed E-state index contributed by atoms with van der Waals surface area (Å²) in [6.45, 7) is 6.32. The Morgan fingerprint density at radius 2 is 1.84 bits per heavy atom. The molecule has 2 atom stereocenters. The molecule has 2 aromatic carbocycles. The fourth-order valence-corrected chi connectivity index (χ4v) is 4.81. The maximum atomic E-state index is 13.2. The van der Waals surface area contributed by atoms with Crippen molar-refractivity contribution in [2.24, 2.45) is 11.0 Å². The van der Waals surface area contributed by atoms with Gasteiger partial charge in [0.1, 0.15) is 11.5 Å². The third-order valence-corrected chi connectivity index (χ3v) is 6.46. The van der Waals surface area contributed by atoms with Crippen LogP contribution in [-0.2, 0) is 4.79 Å². The van der Waals surface area contributed by atoms with Crippen molar-refractivity contribution in [1.29, 1.82) is 0 Å². The first-order valence-corrected chi connectivity index (χ1v) is 11.8. The molecule has 0 spiro atoms. The molecular formula is C24H28Cl2N4O2. The minimum Gasteiger partial charge on any atom is -0.494 e. The number of hydrogen-bond donors (Lipinski definition) is 1. The molecule has 32 heavy (non-hydrogen) atoms. The molecule has 0 unspecified atom stereocenters. The monoisotopic (exact) mass is 474 g/mol. The molecule has 0 aliphatic carbocycles. The third kappa shape index (κ3) is 4.87. The molecule has 1 amide bonds. The maximum absolute atomic E-state index is 13.2. The summed E-state index contributed by atoms with van der Waals surface area (Å²) in [6, 6.07) is 13.1. The van der Waals surface area contributed by atoms with Gasteiger partial charge in [-0.05, 0) is 55.7 Å². The summed E-state index contributed by atoms with van der Waals surface area (Å²) in [6.07, 6.45) is 3.37. The SMILES string of the molecule is CCOc1ccc([C@H]2[C@H](C)C(C(=O)NN3CCCCC3)=NN2c2ccc(Cl)cc2Cl)cc1. The van der Waals surface area contributed by atoms with Crippen LogP contribution in [0.1, 0.15) is 44.7 Å². The number of piperidine rings is 1. The molecule has 1 saturated heterocycles. The molecule has 2 aromatic rings. The van der Waals surface area contributed by atoms with Crippen LogP contribution in [0.5, 0.6) is 5.75 Å². The Balaban J connectivity index is 1.66. The highest BCUT2D eigenvalue weighted by molar-refractivity contribution is 6.41. The van der Waals surface area contributed by atoms with Crippen molar-refractivity contribution in [1.82, 2.24) is 10.4 Å². The van der Waals surface area contributed by atoms with Crippen LogP contribution < -0.4 is 15.2 Å². The molecule has 1 N–H and O–H groups in total. The molecule has 2 aliphatic rings. The number of rotatable bonds is 6. The van der Waals surface area contributed by atoms with Crippen LogP contribution in [0.2, 0.25) is 10.0 Å². The van der Waals surface area contributed by atoms with Gasteiger partial charge in [0.15, 0.2) is 0 Å². The minimum atomic E-state index is -0.188. The number of anilines is 1. The highest BCUT2D eigenvalue weighted by Crippen LogP contribution is 2.42. The number of amides is 1. The van der Waals surface area contributed by atoms with Gasteiger partial charge in [-0.2, -0.15) is 5.10 Å². The number of hydrazone groups is 1. The van der Waals surface area contributed by atoms with Crippen molar-refractivity contribution in [3.05, 3.63) is 58.1 Å². The molecular weight excluding hydrogens is 447 g/mol. The highest BCUT2D eigenvalue weighted by atomic mass is 35.5. The van der Waals surface area contributed by atoms with E-state index in [1.54, 1.807) is 12.1 Å². The standard InChI is InChI=1S/C24H28Cl2N4O2/c1-3-32-19-10-7-17(8-11-19)23-16(2)22(24(31)28-29-13-5-4-6-14-29)27-30(23)21-12-9-18(25)15-20(21)26/h7-12,15-16,23H,3-6,13-14H2,1-2H3,(H,28,31)/t16-,23-/m1/s1. The van der Waals surface area contributed by atoms with Crippen molar-refractivity contribution in [2.45, 2.75) is 39.2 Å². The Morgan fingerprint density at radius 1 is 1.12 bits per heavy atom. The van der Waals surface area contributed by atoms with Gasteiger partial charge >= 0.3 is 0 Å². The van der Waals surface area contributed by atoms with Gasteiger partial charge in [0.25, 0.3) is 5.91 Å². The third-order valence-electron chi connectivity index (χ3n) is 5.92. The Bertz CT molecular complexity index is 990. The zero-order valence-corrected chi connectivity index (χ0v) is 19.9. The van der Waals surface area contributed by atoms with Crippen LogP contribution in [0.15, 0.2) is 47.6 Å². The van der Waals surface area contributed by atoms with Crippen LogP contribution >= 0.6 is 23.2 Å². The predicted molar refractivity (Wildman–Crippen MR) is 129 cm³/mol. The van der Waals surface area contributed by atoms with Crippen LogP contribution in [0.25, 0.3) is 0 Å². The number of halogens is 2. The zero-order valence-electron chi connectivity index (χ0n) is 18.4. The van der Waals surface area contributed by atoms with Gasteiger partial charge in [-0.3, -0.25) is 15.2 Å². The van der Waals surface area contributed by atoms with E-state index in [9.17, 15) is 4.79 Å². The molecule has 4 rings (SSSR count). The predicted octanol–water partition coefficient (Wildman–Crippen LogP) is 5.46. The Kier molecular flexibility index (Phi) is 7.23. The molecule has 170 valence electrons. The summed E-state index contributed by atoms with van der Waals surface area (Å²) >= 11 is 12.7. The first-order chi connectivity index (χ1) is 15.5. The fourth-order valence-electron chi connectivity index (χ4n) is 4.32. The van der Waals surface area contributed by atoms with Gasteiger partial charge in [-0.25, -0.2) is 5.01 Å². The molecule has 8 heteroatoms. The Labute approximate surface area is 199 Å². The average Bonchev–Trinajstić information content (AvgIpc) is 3.12. The summed E-state index contributed by atoms with van der Waals surface area (Å²) in [7, 11) is 0. The number of nitrogens with zero attached hydrogens (tertiary/aromatic N) is 3. The first-order valence-electron chi connectivity index (χ1n) is 11.1. The second kappa shape index (κ2) is 10.1. The summed E-state index contributed by atoms with van der Waals surface area (Å²) in [4.78, 5) is 13.2. The maximum Gasteiger partial charge on any atom is 0.282 e. The molecule has 2 heterocycles. The van der Waals surface area contributed by atoms with Crippen LogP contribution in [0.4, 0.5) is 5.69 Å². The van der Waals surface area contributed by atoms with Crippen molar-refractivity contribution in [2.75, 3.05) is 24.7 Å². The lowest BCUT2D eigenvalue weighted by Crippen LogP contribution is -2.48. The highest BCUT2D eigenvalue weighted by Gasteiger charge is 2.40. The number of nitrogens with one attached hydrogen (secondary N) is 1. The largest absolute Gasteiger partial charge is 0.494 e. The molecule has 0 saturated carbocycles. The normalized spacial score (nSPS) is 21.4. The molecule has 6 nitrogen and oxygen atoms in total. The van der Waals surface area contributed by atoms with Crippen LogP contribution in [0.3, 0.4) is 0 Å². The van der Waals surface area contributed by atoms with E-state index in [-0.39, 0.29) is 17.9 Å². The van der Waals surface area contributed by atoms with Crippen molar-refractivity contribution >= 4 is 40.5 Å². The minimum absolute atomic E-state index is 0.149. The van der Waals surface area contributed by atoms with E-state index >= 15 is 0 Å². The van der Waals surface area contributed by atoms with E-state index in [0.29, 0.717) is 28.1 Å². The van der Waals surface area contributed by atoms with E-state index in [4.69, 9.17) is 33.0 Å². The lowest BCUT2D eigenvalue weighted by Gasteiger charge is -2.28. The number of benzene rings is 2. The number of ether oxygens (including phenoxy) is 1. The lowest BCUT2D eigenvalue weighted by molar-refractivity contribution is -0.120. The summed E-state index contributed by atoms with van der Waals surface area (Å²) in [5, 5.41) is 9.63. The van der Waals surface area contributed by atoms with Gasteiger partial charge in [-0.15, -0.1) is 0 Å². The Hall–Kier alpha value is -2.28. The quantitative estimate of drug-likeness (QED) is 0.603. The van der Waals surface area contributed by atoms with E-state index < -0.39 is 0 Å². The van der Waals surface area contributed by atoms with Gasteiger partial charge in [-0.1, -0.05) is 48.7 Å². The van der Waals surface area contributed by atoms with Crippen LogP contribution in [0, 0.1) is 5.92 Å². The molecule has 2 aliphatic heterocycles. The second-order valence-corrected chi connectivity index (χ2v) is 8.99. The van der Waals surface area contributed by atoms with E-state index in [0.717, 1.165) is 37.2 Å². The van der Waals surface area contributed by atoms with Crippen LogP contribution in [-0.4, -0.2) is 36.3 Å². The number of hydrogen-bond acceptors (Lipinski definition) is 5. The first kappa shape index (κ1) is 22.9. The fraction of sp³-hybridized carbons (Fsp3) is 0.417. The number of carbonyl (C=O) groups excluding carboxylic acids is 1. The van der Waals surface area contributed by atoms with Gasteiger partial charge in [0.2, 0.25) is 0 Å².